The zero-order chi connectivity index (χ0) is 18.3. The van der Waals surface area contributed by atoms with Gasteiger partial charge in [-0.3, -0.25) is 19.1 Å². The number of hydrogen-bond donors (Lipinski definition) is 1. The van der Waals surface area contributed by atoms with Gasteiger partial charge in [-0.15, -0.1) is 0 Å². The van der Waals surface area contributed by atoms with E-state index < -0.39 is 11.2 Å². The first kappa shape index (κ1) is 16.3. The third-order valence-corrected chi connectivity index (χ3v) is 4.55. The molecule has 1 amide bonds. The van der Waals surface area contributed by atoms with Crippen molar-refractivity contribution in [3.63, 3.8) is 0 Å². The summed E-state index contributed by atoms with van der Waals surface area (Å²) in [6.45, 7) is 0.454. The lowest BCUT2D eigenvalue weighted by atomic mass is 10.2. The van der Waals surface area contributed by atoms with Crippen LogP contribution >= 0.6 is 0 Å². The van der Waals surface area contributed by atoms with E-state index in [0.29, 0.717) is 17.8 Å². The van der Waals surface area contributed by atoms with Crippen LogP contribution in [0.1, 0.15) is 34.8 Å². The average Bonchev–Trinajstić information content (AvgIpc) is 3.46. The first-order chi connectivity index (χ1) is 12.5. The number of aromatic nitrogens is 3. The Labute approximate surface area is 148 Å². The van der Waals surface area contributed by atoms with E-state index in [9.17, 15) is 14.4 Å². The highest BCUT2D eigenvalue weighted by Gasteiger charge is 2.28. The number of rotatable bonds is 4. The number of benzene rings is 1. The second-order valence-electron chi connectivity index (χ2n) is 6.60. The number of H-pyrrole nitrogens is 1. The molecule has 0 aliphatic heterocycles. The van der Waals surface area contributed by atoms with Gasteiger partial charge in [0.25, 0.3) is 11.5 Å². The first-order valence-electron chi connectivity index (χ1n) is 8.48. The van der Waals surface area contributed by atoms with Crippen molar-refractivity contribution in [2.24, 2.45) is 0 Å². The monoisotopic (exact) mass is 350 g/mol. The molecule has 26 heavy (non-hydrogen) atoms. The fourth-order valence-corrected chi connectivity index (χ4v) is 3.08. The third-order valence-electron chi connectivity index (χ3n) is 4.55. The summed E-state index contributed by atoms with van der Waals surface area (Å²) in [5.74, 6) is -0.230. The largest absolute Gasteiger partial charge is 0.337 e. The number of carbonyl (C=O) groups excluding carboxylic acids is 1. The Morgan fingerprint density at radius 3 is 2.69 bits per heavy atom. The maximum atomic E-state index is 12.7. The zero-order valence-electron chi connectivity index (χ0n) is 14.3. The molecule has 0 atom stereocenters. The molecule has 1 aliphatic rings. The fourth-order valence-electron chi connectivity index (χ4n) is 3.08. The van der Waals surface area contributed by atoms with Gasteiger partial charge >= 0.3 is 5.69 Å². The number of pyridine rings is 1. The van der Waals surface area contributed by atoms with Gasteiger partial charge in [-0.05, 0) is 24.5 Å². The van der Waals surface area contributed by atoms with Crippen molar-refractivity contribution in [3.8, 4) is 0 Å². The molecule has 2 aromatic heterocycles. The van der Waals surface area contributed by atoms with Crippen molar-refractivity contribution < 1.29 is 4.79 Å². The molecule has 0 saturated heterocycles. The van der Waals surface area contributed by atoms with E-state index in [1.807, 2.05) is 30.3 Å². The minimum absolute atomic E-state index is 0.0802. The van der Waals surface area contributed by atoms with Gasteiger partial charge in [-0.1, -0.05) is 30.3 Å². The van der Waals surface area contributed by atoms with Gasteiger partial charge in [0.1, 0.15) is 5.65 Å². The quantitative estimate of drug-likeness (QED) is 0.776. The number of aromatic amines is 1. The van der Waals surface area contributed by atoms with Crippen LogP contribution in [-0.4, -0.2) is 32.4 Å². The maximum absolute atomic E-state index is 12.7. The normalized spacial score (nSPS) is 13.7. The Morgan fingerprint density at radius 1 is 1.27 bits per heavy atom. The molecule has 7 heteroatoms. The molecule has 1 saturated carbocycles. The maximum Gasteiger partial charge on any atom is 0.330 e. The lowest BCUT2D eigenvalue weighted by molar-refractivity contribution is 0.0785. The van der Waals surface area contributed by atoms with Crippen LogP contribution in [0.3, 0.4) is 0 Å². The molecule has 0 unspecified atom stereocenters. The molecule has 132 valence electrons. The van der Waals surface area contributed by atoms with Crippen LogP contribution < -0.4 is 11.2 Å². The van der Waals surface area contributed by atoms with Gasteiger partial charge in [0.05, 0.1) is 10.9 Å². The summed E-state index contributed by atoms with van der Waals surface area (Å²) in [5, 5.41) is 0.260. The lowest BCUT2D eigenvalue weighted by Crippen LogP contribution is -2.31. The van der Waals surface area contributed by atoms with E-state index in [2.05, 4.69) is 9.97 Å². The molecule has 3 aromatic rings. The molecule has 1 fully saturated rings. The van der Waals surface area contributed by atoms with Gasteiger partial charge in [-0.2, -0.15) is 0 Å². The van der Waals surface area contributed by atoms with Crippen LogP contribution in [0.5, 0.6) is 0 Å². The Balaban J connectivity index is 1.70. The molecular weight excluding hydrogens is 332 g/mol. The molecule has 1 N–H and O–H groups in total. The summed E-state index contributed by atoms with van der Waals surface area (Å²) in [4.78, 5) is 45.1. The van der Waals surface area contributed by atoms with E-state index in [1.54, 1.807) is 11.9 Å². The molecule has 1 aromatic carbocycles. The number of amides is 1. The highest BCUT2D eigenvalue weighted by molar-refractivity contribution is 5.96. The Hall–Kier alpha value is -3.22. The second-order valence-corrected chi connectivity index (χ2v) is 6.60. The van der Waals surface area contributed by atoms with Gasteiger partial charge in [0.15, 0.2) is 0 Å². The third kappa shape index (κ3) is 2.92. The number of nitrogens with zero attached hydrogens (tertiary/aromatic N) is 3. The van der Waals surface area contributed by atoms with Gasteiger partial charge in [-0.25, -0.2) is 9.78 Å². The summed E-state index contributed by atoms with van der Waals surface area (Å²) >= 11 is 0. The minimum atomic E-state index is -0.519. The van der Waals surface area contributed by atoms with Crippen molar-refractivity contribution in [2.75, 3.05) is 7.05 Å². The van der Waals surface area contributed by atoms with Crippen LogP contribution in [0, 0.1) is 0 Å². The number of fused-ring (bicyclic) bond motifs is 1. The first-order valence-corrected chi connectivity index (χ1v) is 8.48. The SMILES string of the molecule is CN(Cc1ccccc1)C(=O)c1cnc2c(c1)c(=O)[nH]c(=O)n2C1CC1. The highest BCUT2D eigenvalue weighted by Crippen LogP contribution is 2.34. The molecular formula is C19H18N4O3. The summed E-state index contributed by atoms with van der Waals surface area (Å²) in [6, 6.07) is 11.2. The van der Waals surface area contributed by atoms with E-state index >= 15 is 0 Å². The summed E-state index contributed by atoms with van der Waals surface area (Å²) in [7, 11) is 1.70. The molecule has 0 radical (unpaired) electrons. The van der Waals surface area contributed by atoms with E-state index in [4.69, 9.17) is 0 Å². The molecule has 0 spiro atoms. The fraction of sp³-hybridized carbons (Fsp3) is 0.263. The smallest absolute Gasteiger partial charge is 0.330 e. The van der Waals surface area contributed by atoms with Crippen LogP contribution in [0.2, 0.25) is 0 Å². The van der Waals surface area contributed by atoms with Gasteiger partial charge in [0, 0.05) is 25.8 Å². The number of nitrogens with one attached hydrogen (secondary N) is 1. The van der Waals surface area contributed by atoms with E-state index in [-0.39, 0.29) is 17.3 Å². The van der Waals surface area contributed by atoms with Gasteiger partial charge in [0.2, 0.25) is 0 Å². The number of hydrogen-bond acceptors (Lipinski definition) is 4. The van der Waals surface area contributed by atoms with E-state index in [0.717, 1.165) is 18.4 Å². The minimum Gasteiger partial charge on any atom is -0.337 e. The Morgan fingerprint density at radius 2 is 2.00 bits per heavy atom. The molecule has 0 bridgehead atoms. The highest BCUT2D eigenvalue weighted by atomic mass is 16.2. The topological polar surface area (TPSA) is 88.1 Å². The molecule has 4 rings (SSSR count). The number of carbonyl (C=O) groups is 1. The molecule has 2 heterocycles. The molecule has 1 aliphatic carbocycles. The Bertz CT molecular complexity index is 1100. The summed E-state index contributed by atoms with van der Waals surface area (Å²) in [5.41, 5.74) is 0.705. The average molecular weight is 350 g/mol. The van der Waals surface area contributed by atoms with Crippen molar-refractivity contribution in [1.82, 2.24) is 19.4 Å². The predicted octanol–water partition coefficient (Wildman–Crippen LogP) is 1.69. The van der Waals surface area contributed by atoms with Crippen LogP contribution in [0.4, 0.5) is 0 Å². The molecule has 7 nitrogen and oxygen atoms in total. The van der Waals surface area contributed by atoms with Crippen LogP contribution in [-0.2, 0) is 6.54 Å². The zero-order valence-corrected chi connectivity index (χ0v) is 14.3. The summed E-state index contributed by atoms with van der Waals surface area (Å²) < 4.78 is 1.51. The van der Waals surface area contributed by atoms with Crippen molar-refractivity contribution in [1.29, 1.82) is 0 Å². The lowest BCUT2D eigenvalue weighted by Gasteiger charge is -2.17. The standard InChI is InChI=1S/C19H18N4O3/c1-22(11-12-5-3-2-4-6-12)18(25)13-9-15-16(20-10-13)23(14-7-8-14)19(26)21-17(15)24/h2-6,9-10,14H,7-8,11H2,1H3,(H,21,24,26). The van der Waals surface area contributed by atoms with E-state index in [1.165, 1.54) is 16.8 Å². The van der Waals surface area contributed by atoms with Crippen LogP contribution in [0.25, 0.3) is 11.0 Å². The van der Waals surface area contributed by atoms with Gasteiger partial charge < -0.3 is 4.90 Å². The van der Waals surface area contributed by atoms with Crippen molar-refractivity contribution in [3.05, 3.63) is 74.6 Å². The van der Waals surface area contributed by atoms with Crippen molar-refractivity contribution in [2.45, 2.75) is 25.4 Å². The second kappa shape index (κ2) is 6.25. The predicted molar refractivity (Wildman–Crippen MR) is 97.1 cm³/mol. The Kier molecular flexibility index (Phi) is 3.91. The summed E-state index contributed by atoms with van der Waals surface area (Å²) in [6.07, 6.45) is 3.22. The van der Waals surface area contributed by atoms with Crippen LogP contribution in [0.15, 0.2) is 52.2 Å². The van der Waals surface area contributed by atoms with Crippen molar-refractivity contribution >= 4 is 16.9 Å².